The zero-order valence-corrected chi connectivity index (χ0v) is 18.8. The Hall–Kier alpha value is -3.32. The number of ether oxygens (including phenoxy) is 2. The van der Waals surface area contributed by atoms with Gasteiger partial charge in [0.15, 0.2) is 0 Å². The van der Waals surface area contributed by atoms with Crippen LogP contribution in [0.4, 0.5) is 4.79 Å². The Balaban J connectivity index is 1.56. The number of benzene rings is 2. The molecule has 7 nitrogen and oxygen atoms in total. The number of carbonyl (C=O) groups is 1. The summed E-state index contributed by atoms with van der Waals surface area (Å²) in [5.41, 5.74) is 2.82. The molecule has 0 bridgehead atoms. The number of halogens is 1. The van der Waals surface area contributed by atoms with Crippen LogP contribution < -0.4 is 14.8 Å². The van der Waals surface area contributed by atoms with Gasteiger partial charge in [0.25, 0.3) is 0 Å². The molecule has 0 radical (unpaired) electrons. The molecule has 0 saturated carbocycles. The Bertz CT molecular complexity index is 1020. The molecule has 1 heterocycles. The molecule has 3 aromatic rings. The van der Waals surface area contributed by atoms with Crippen molar-refractivity contribution in [1.29, 1.82) is 0 Å². The summed E-state index contributed by atoms with van der Waals surface area (Å²) in [6, 6.07) is 17.7. The molecule has 32 heavy (non-hydrogen) atoms. The molecule has 8 heteroatoms. The highest BCUT2D eigenvalue weighted by Gasteiger charge is 2.23. The third-order valence-corrected chi connectivity index (χ3v) is 5.27. The van der Waals surface area contributed by atoms with Crippen LogP contribution in [0.2, 0.25) is 5.28 Å². The van der Waals surface area contributed by atoms with E-state index in [1.54, 1.807) is 12.3 Å². The lowest BCUT2D eigenvalue weighted by molar-refractivity contribution is 0.193. The second-order valence-electron chi connectivity index (χ2n) is 7.71. The van der Waals surface area contributed by atoms with Crippen molar-refractivity contribution in [3.63, 3.8) is 0 Å². The highest BCUT2D eigenvalue weighted by atomic mass is 35.5. The quantitative estimate of drug-likeness (QED) is 0.327. The first kappa shape index (κ1) is 23.3. The van der Waals surface area contributed by atoms with Gasteiger partial charge >= 0.3 is 6.09 Å². The van der Waals surface area contributed by atoms with E-state index in [0.29, 0.717) is 26.2 Å². The second kappa shape index (κ2) is 10.8. The highest BCUT2D eigenvalue weighted by Crippen LogP contribution is 2.33. The van der Waals surface area contributed by atoms with Crippen LogP contribution in [0, 0.1) is 0 Å². The van der Waals surface area contributed by atoms with Gasteiger partial charge in [-0.15, -0.1) is 0 Å². The zero-order chi connectivity index (χ0) is 23.0. The minimum atomic E-state index is -1.02. The van der Waals surface area contributed by atoms with Crippen LogP contribution >= 0.6 is 11.6 Å². The lowest BCUT2D eigenvalue weighted by Gasteiger charge is -2.26. The van der Waals surface area contributed by atoms with Gasteiger partial charge in [-0.2, -0.15) is 0 Å². The maximum Gasteiger partial charge on any atom is 0.404 e. The van der Waals surface area contributed by atoms with E-state index in [1.807, 2.05) is 36.4 Å². The van der Waals surface area contributed by atoms with Crippen LogP contribution in [0.15, 0.2) is 60.8 Å². The first-order chi connectivity index (χ1) is 15.3. The Kier molecular flexibility index (Phi) is 7.89. The number of amides is 1. The van der Waals surface area contributed by atoms with Crippen molar-refractivity contribution in [2.24, 2.45) is 0 Å². The van der Waals surface area contributed by atoms with Crippen molar-refractivity contribution in [2.75, 3.05) is 13.2 Å². The molecule has 0 aliphatic carbocycles. The van der Waals surface area contributed by atoms with E-state index < -0.39 is 6.09 Å². The minimum Gasteiger partial charge on any atom is -0.494 e. The standard InChI is InChI=1S/C24H26ClN3O4/c1-24(2,17-4-8-20(9-5-17)31-15-3-13-27-23(29)30)18-6-10-21(11-7-18)32-16-19-12-14-26-22(25)28-19/h4-12,14,27H,3,13,15-16H2,1-2H3,(H,29,30). The summed E-state index contributed by atoms with van der Waals surface area (Å²) in [5.74, 6) is 1.51. The third kappa shape index (κ3) is 6.59. The number of aromatic nitrogens is 2. The first-order valence-electron chi connectivity index (χ1n) is 10.3. The molecule has 1 aromatic heterocycles. The number of nitrogens with one attached hydrogen (secondary N) is 1. The molecule has 168 valence electrons. The summed E-state index contributed by atoms with van der Waals surface area (Å²) >= 11 is 5.81. The van der Waals surface area contributed by atoms with Crippen molar-refractivity contribution < 1.29 is 19.4 Å². The molecular weight excluding hydrogens is 430 g/mol. The van der Waals surface area contributed by atoms with Gasteiger partial charge in [-0.05, 0) is 59.5 Å². The van der Waals surface area contributed by atoms with E-state index in [0.717, 1.165) is 28.3 Å². The normalized spacial score (nSPS) is 11.1. The first-order valence-corrected chi connectivity index (χ1v) is 10.6. The van der Waals surface area contributed by atoms with Crippen LogP contribution in [0.5, 0.6) is 11.5 Å². The van der Waals surface area contributed by atoms with Gasteiger partial charge in [0.2, 0.25) is 5.28 Å². The lowest BCUT2D eigenvalue weighted by Crippen LogP contribution is -2.23. The van der Waals surface area contributed by atoms with Crippen LogP contribution in [0.1, 0.15) is 37.1 Å². The Morgan fingerprint density at radius 2 is 1.59 bits per heavy atom. The lowest BCUT2D eigenvalue weighted by atomic mass is 9.78. The Labute approximate surface area is 192 Å². The van der Waals surface area contributed by atoms with Gasteiger partial charge in [0.1, 0.15) is 18.1 Å². The summed E-state index contributed by atoms with van der Waals surface area (Å²) in [6.45, 7) is 5.47. The fraction of sp³-hybridized carbons (Fsp3) is 0.292. The molecule has 2 N–H and O–H groups in total. The second-order valence-corrected chi connectivity index (χ2v) is 8.05. The van der Waals surface area contributed by atoms with E-state index in [9.17, 15) is 4.79 Å². The van der Waals surface area contributed by atoms with E-state index in [-0.39, 0.29) is 10.7 Å². The maximum atomic E-state index is 10.4. The zero-order valence-electron chi connectivity index (χ0n) is 18.0. The van der Waals surface area contributed by atoms with Crippen LogP contribution in [0.3, 0.4) is 0 Å². The minimum absolute atomic E-state index is 0.204. The average molecular weight is 456 g/mol. The van der Waals surface area contributed by atoms with Crippen LogP contribution in [-0.4, -0.2) is 34.3 Å². The predicted molar refractivity (Wildman–Crippen MR) is 123 cm³/mol. The summed E-state index contributed by atoms with van der Waals surface area (Å²) in [4.78, 5) is 18.4. The molecule has 0 saturated heterocycles. The number of carboxylic acid groups (broad SMARTS) is 1. The number of hydrogen-bond donors (Lipinski definition) is 2. The number of rotatable bonds is 10. The largest absolute Gasteiger partial charge is 0.494 e. The van der Waals surface area contributed by atoms with Crippen molar-refractivity contribution in [1.82, 2.24) is 15.3 Å². The maximum absolute atomic E-state index is 10.4. The van der Waals surface area contributed by atoms with Crippen molar-refractivity contribution in [3.05, 3.63) is 82.9 Å². The van der Waals surface area contributed by atoms with E-state index in [2.05, 4.69) is 41.3 Å². The van der Waals surface area contributed by atoms with Crippen molar-refractivity contribution in [3.8, 4) is 11.5 Å². The van der Waals surface area contributed by atoms with Gasteiger partial charge in [0.05, 0.1) is 12.3 Å². The summed E-state index contributed by atoms with van der Waals surface area (Å²) in [5, 5.41) is 11.1. The van der Waals surface area contributed by atoms with E-state index in [1.165, 1.54) is 0 Å². The average Bonchev–Trinajstić information content (AvgIpc) is 2.78. The van der Waals surface area contributed by atoms with Gasteiger partial charge in [-0.25, -0.2) is 14.8 Å². The molecule has 0 fully saturated rings. The number of hydrogen-bond acceptors (Lipinski definition) is 5. The van der Waals surface area contributed by atoms with Crippen LogP contribution in [-0.2, 0) is 12.0 Å². The summed E-state index contributed by atoms with van der Waals surface area (Å²) < 4.78 is 11.5. The fourth-order valence-electron chi connectivity index (χ4n) is 3.17. The Morgan fingerprint density at radius 3 is 2.16 bits per heavy atom. The molecular formula is C24H26ClN3O4. The SMILES string of the molecule is CC(C)(c1ccc(OCCCNC(=O)O)cc1)c1ccc(OCc2ccnc(Cl)n2)cc1. The molecule has 0 unspecified atom stereocenters. The Morgan fingerprint density at radius 1 is 1.00 bits per heavy atom. The monoisotopic (exact) mass is 455 g/mol. The summed E-state index contributed by atoms with van der Waals surface area (Å²) in [7, 11) is 0. The van der Waals surface area contributed by atoms with Crippen molar-refractivity contribution in [2.45, 2.75) is 32.3 Å². The topological polar surface area (TPSA) is 93.6 Å². The van der Waals surface area contributed by atoms with E-state index in [4.69, 9.17) is 26.2 Å². The molecule has 1 amide bonds. The highest BCUT2D eigenvalue weighted by molar-refractivity contribution is 6.28. The predicted octanol–water partition coefficient (Wildman–Crippen LogP) is 5.07. The molecule has 0 aliphatic heterocycles. The third-order valence-electron chi connectivity index (χ3n) is 5.09. The molecule has 3 rings (SSSR count). The number of nitrogens with zero attached hydrogens (tertiary/aromatic N) is 2. The van der Waals surface area contributed by atoms with Gasteiger partial charge < -0.3 is 19.9 Å². The van der Waals surface area contributed by atoms with Crippen LogP contribution in [0.25, 0.3) is 0 Å². The fourth-order valence-corrected chi connectivity index (χ4v) is 3.33. The molecule has 0 aliphatic rings. The van der Waals surface area contributed by atoms with Gasteiger partial charge in [-0.1, -0.05) is 38.1 Å². The smallest absolute Gasteiger partial charge is 0.404 e. The van der Waals surface area contributed by atoms with Gasteiger partial charge in [-0.3, -0.25) is 0 Å². The molecule has 0 atom stereocenters. The summed E-state index contributed by atoms with van der Waals surface area (Å²) in [6.07, 6.45) is 1.19. The molecule has 2 aromatic carbocycles. The van der Waals surface area contributed by atoms with Crippen molar-refractivity contribution >= 4 is 17.7 Å². The van der Waals surface area contributed by atoms with E-state index >= 15 is 0 Å². The van der Waals surface area contributed by atoms with Gasteiger partial charge in [0, 0.05) is 18.2 Å². The molecule has 0 spiro atoms.